The largest absolute Gasteiger partial charge is 0.478 e. The summed E-state index contributed by atoms with van der Waals surface area (Å²) in [4.78, 5) is 10.7. The van der Waals surface area contributed by atoms with Gasteiger partial charge in [-0.15, -0.1) is 0 Å². The van der Waals surface area contributed by atoms with Crippen LogP contribution in [0, 0.1) is 0 Å². The molecule has 0 bridgehead atoms. The number of hydrogen-bond donors (Lipinski definition) is 2. The molecule has 4 rings (SSSR count). The fraction of sp³-hybridized carbons (Fsp3) is 0. The summed E-state index contributed by atoms with van der Waals surface area (Å²) in [5.41, 5.74) is 0.359. The van der Waals surface area contributed by atoms with E-state index in [-0.39, 0.29) is 4.90 Å². The molecular formula is C21H16O5S. The van der Waals surface area contributed by atoms with Gasteiger partial charge in [-0.2, -0.15) is 8.42 Å². The van der Waals surface area contributed by atoms with E-state index in [0.717, 1.165) is 21.5 Å². The molecule has 0 radical (unpaired) electrons. The molecule has 0 aliphatic heterocycles. The quantitative estimate of drug-likeness (QED) is 0.495. The van der Waals surface area contributed by atoms with Crippen LogP contribution in [0.3, 0.4) is 0 Å². The molecule has 0 atom stereocenters. The molecule has 0 aliphatic rings. The maximum Gasteiger partial charge on any atom is 0.336 e. The van der Waals surface area contributed by atoms with Gasteiger partial charge < -0.3 is 5.11 Å². The number of aromatic carboxylic acids is 1. The summed E-state index contributed by atoms with van der Waals surface area (Å²) in [5.74, 6) is -0.878. The summed E-state index contributed by atoms with van der Waals surface area (Å²) in [6.45, 7) is 0. The van der Waals surface area contributed by atoms with Crippen LogP contribution in [0.2, 0.25) is 0 Å². The molecule has 0 saturated carbocycles. The van der Waals surface area contributed by atoms with E-state index in [0.29, 0.717) is 5.56 Å². The number of benzene rings is 4. The average molecular weight is 380 g/mol. The van der Waals surface area contributed by atoms with Gasteiger partial charge in [0.15, 0.2) is 0 Å². The van der Waals surface area contributed by atoms with Crippen LogP contribution in [0.5, 0.6) is 0 Å². The third-order valence-electron chi connectivity index (χ3n) is 4.04. The fourth-order valence-electron chi connectivity index (χ4n) is 2.74. The first-order chi connectivity index (χ1) is 12.9. The van der Waals surface area contributed by atoms with Crippen LogP contribution in [-0.4, -0.2) is 24.0 Å². The van der Waals surface area contributed by atoms with Gasteiger partial charge in [-0.05, 0) is 39.7 Å². The van der Waals surface area contributed by atoms with E-state index in [1.165, 1.54) is 12.1 Å². The van der Waals surface area contributed by atoms with Crippen molar-refractivity contribution in [2.24, 2.45) is 0 Å². The fourth-order valence-corrected chi connectivity index (χ4v) is 3.26. The average Bonchev–Trinajstić information content (AvgIpc) is 2.67. The van der Waals surface area contributed by atoms with Crippen LogP contribution in [0.1, 0.15) is 10.4 Å². The van der Waals surface area contributed by atoms with Gasteiger partial charge in [0.05, 0.1) is 10.5 Å². The molecule has 0 unspecified atom stereocenters. The van der Waals surface area contributed by atoms with Gasteiger partial charge >= 0.3 is 5.97 Å². The first-order valence-electron chi connectivity index (χ1n) is 8.03. The minimum atomic E-state index is -4.09. The van der Waals surface area contributed by atoms with Crippen molar-refractivity contribution < 1.29 is 22.9 Å². The SMILES string of the molecule is O=C(O)c1cccc2ccccc12.O=S(=O)(O)c1ccc2ccccc2c1. The zero-order valence-electron chi connectivity index (χ0n) is 14.1. The maximum absolute atomic E-state index is 10.8. The number of carbonyl (C=O) groups is 1. The van der Waals surface area contributed by atoms with Crippen molar-refractivity contribution in [3.05, 3.63) is 90.5 Å². The molecule has 0 aromatic heterocycles. The van der Waals surface area contributed by atoms with Crippen LogP contribution in [0.25, 0.3) is 21.5 Å². The Hall–Kier alpha value is -3.22. The minimum absolute atomic E-state index is 0.0730. The Bertz CT molecular complexity index is 1220. The lowest BCUT2D eigenvalue weighted by Crippen LogP contribution is -1.97. The molecule has 6 heteroatoms. The zero-order valence-corrected chi connectivity index (χ0v) is 14.9. The van der Waals surface area contributed by atoms with Crippen LogP contribution >= 0.6 is 0 Å². The van der Waals surface area contributed by atoms with E-state index in [1.54, 1.807) is 24.3 Å². The van der Waals surface area contributed by atoms with Crippen molar-refractivity contribution in [1.82, 2.24) is 0 Å². The van der Waals surface area contributed by atoms with Crippen molar-refractivity contribution in [2.45, 2.75) is 4.90 Å². The number of hydrogen-bond acceptors (Lipinski definition) is 3. The smallest absolute Gasteiger partial charge is 0.336 e. The standard InChI is InChI=1S/C11H8O2.C10H8O3S/c12-11(13)10-7-3-5-8-4-1-2-6-9(8)10;11-14(12,13)10-6-5-8-3-1-2-4-9(8)7-10/h1-7H,(H,12,13);1-7H,(H,11,12,13). The Morgan fingerprint density at radius 3 is 1.96 bits per heavy atom. The normalized spacial score (nSPS) is 11.0. The second-order valence-electron chi connectivity index (χ2n) is 5.82. The third kappa shape index (κ3) is 4.31. The van der Waals surface area contributed by atoms with Crippen LogP contribution < -0.4 is 0 Å². The lowest BCUT2D eigenvalue weighted by molar-refractivity contribution is 0.0699. The Kier molecular flexibility index (Phi) is 5.21. The Labute approximate surface area is 156 Å². The van der Waals surface area contributed by atoms with Gasteiger partial charge in [-0.25, -0.2) is 4.79 Å². The lowest BCUT2D eigenvalue weighted by atomic mass is 10.1. The number of fused-ring (bicyclic) bond motifs is 2. The summed E-state index contributed by atoms with van der Waals surface area (Å²) >= 11 is 0. The Balaban J connectivity index is 0.000000156. The first kappa shape index (κ1) is 18.6. The van der Waals surface area contributed by atoms with E-state index in [9.17, 15) is 13.2 Å². The van der Waals surface area contributed by atoms with Crippen molar-refractivity contribution in [3.8, 4) is 0 Å². The Morgan fingerprint density at radius 2 is 1.30 bits per heavy atom. The second kappa shape index (κ2) is 7.57. The van der Waals surface area contributed by atoms with Crippen molar-refractivity contribution in [3.63, 3.8) is 0 Å². The number of carboxylic acid groups (broad SMARTS) is 1. The predicted molar refractivity (Wildman–Crippen MR) is 105 cm³/mol. The van der Waals surface area contributed by atoms with E-state index >= 15 is 0 Å². The molecule has 0 heterocycles. The van der Waals surface area contributed by atoms with Crippen LogP contribution in [0.4, 0.5) is 0 Å². The zero-order chi connectivity index (χ0) is 19.4. The third-order valence-corrected chi connectivity index (χ3v) is 4.89. The van der Waals surface area contributed by atoms with Gasteiger partial charge in [-0.3, -0.25) is 4.55 Å². The molecule has 0 saturated heterocycles. The summed E-state index contributed by atoms with van der Waals surface area (Å²) in [6, 6.07) is 24.6. The molecule has 0 fully saturated rings. The van der Waals surface area contributed by atoms with Crippen LogP contribution in [0.15, 0.2) is 89.8 Å². The highest BCUT2D eigenvalue weighted by Gasteiger charge is 2.09. The van der Waals surface area contributed by atoms with E-state index in [2.05, 4.69) is 0 Å². The monoisotopic (exact) mass is 380 g/mol. The second-order valence-corrected chi connectivity index (χ2v) is 7.24. The number of carboxylic acids is 1. The van der Waals surface area contributed by atoms with Crippen molar-refractivity contribution in [1.29, 1.82) is 0 Å². The van der Waals surface area contributed by atoms with Gasteiger partial charge in [0.25, 0.3) is 10.1 Å². The molecule has 2 N–H and O–H groups in total. The highest BCUT2D eigenvalue weighted by Crippen LogP contribution is 2.19. The molecule has 4 aromatic rings. The van der Waals surface area contributed by atoms with E-state index in [1.807, 2.05) is 48.5 Å². The molecule has 0 aliphatic carbocycles. The molecule has 0 amide bonds. The van der Waals surface area contributed by atoms with Gasteiger partial charge in [0.2, 0.25) is 0 Å². The summed E-state index contributed by atoms with van der Waals surface area (Å²) in [5, 5.41) is 12.4. The Morgan fingerprint density at radius 1 is 0.704 bits per heavy atom. The minimum Gasteiger partial charge on any atom is -0.478 e. The lowest BCUT2D eigenvalue weighted by Gasteiger charge is -2.00. The summed E-state index contributed by atoms with van der Waals surface area (Å²) in [7, 11) is -4.09. The predicted octanol–water partition coefficient (Wildman–Crippen LogP) is 4.62. The van der Waals surface area contributed by atoms with Gasteiger partial charge in [0, 0.05) is 0 Å². The van der Waals surface area contributed by atoms with E-state index in [4.69, 9.17) is 9.66 Å². The first-order valence-corrected chi connectivity index (χ1v) is 9.47. The van der Waals surface area contributed by atoms with Gasteiger partial charge in [-0.1, -0.05) is 66.7 Å². The van der Waals surface area contributed by atoms with Crippen molar-refractivity contribution in [2.75, 3.05) is 0 Å². The summed E-state index contributed by atoms with van der Waals surface area (Å²) < 4.78 is 30.5. The van der Waals surface area contributed by atoms with Crippen molar-refractivity contribution >= 4 is 37.6 Å². The van der Waals surface area contributed by atoms with E-state index < -0.39 is 16.1 Å². The molecule has 5 nitrogen and oxygen atoms in total. The molecule has 4 aromatic carbocycles. The van der Waals surface area contributed by atoms with Gasteiger partial charge in [0.1, 0.15) is 0 Å². The highest BCUT2D eigenvalue weighted by atomic mass is 32.2. The van der Waals surface area contributed by atoms with Crippen LogP contribution in [-0.2, 0) is 10.1 Å². The molecule has 0 spiro atoms. The maximum atomic E-state index is 10.8. The molecular weight excluding hydrogens is 364 g/mol. The molecule has 136 valence electrons. The summed E-state index contributed by atoms with van der Waals surface area (Å²) in [6.07, 6.45) is 0. The number of rotatable bonds is 2. The highest BCUT2D eigenvalue weighted by molar-refractivity contribution is 7.85. The topological polar surface area (TPSA) is 91.7 Å². The molecule has 27 heavy (non-hydrogen) atoms.